The van der Waals surface area contributed by atoms with Crippen molar-refractivity contribution in [1.29, 1.82) is 0 Å². The van der Waals surface area contributed by atoms with E-state index in [0.29, 0.717) is 19.1 Å². The fraction of sp³-hybridized carbons (Fsp3) is 0.600. The lowest BCUT2D eigenvalue weighted by molar-refractivity contribution is -0.139. The Balaban J connectivity index is 1.80. The van der Waals surface area contributed by atoms with Gasteiger partial charge in [-0.05, 0) is 37.4 Å². The molecule has 144 valence electrons. The van der Waals surface area contributed by atoms with Crippen LogP contribution in [0.5, 0.6) is 0 Å². The molecular formula is C20H31N3O3. The van der Waals surface area contributed by atoms with E-state index in [1.54, 1.807) is 4.90 Å². The van der Waals surface area contributed by atoms with Crippen molar-refractivity contribution < 1.29 is 14.7 Å². The van der Waals surface area contributed by atoms with E-state index < -0.39 is 5.97 Å². The summed E-state index contributed by atoms with van der Waals surface area (Å²) in [7, 11) is 1.85. The number of carboxylic acid groups (broad SMARTS) is 1. The summed E-state index contributed by atoms with van der Waals surface area (Å²) in [6, 6.07) is 8.44. The second-order valence-corrected chi connectivity index (χ2v) is 7.14. The highest BCUT2D eigenvalue weighted by Gasteiger charge is 2.26. The van der Waals surface area contributed by atoms with Crippen LogP contribution in [0.25, 0.3) is 0 Å². The molecule has 0 atom stereocenters. The molecule has 1 heterocycles. The number of carbonyl (C=O) groups excluding carboxylic acids is 1. The number of likely N-dealkylation sites (N-methyl/N-ethyl adjacent to an activating group) is 2. The van der Waals surface area contributed by atoms with E-state index in [2.05, 4.69) is 24.0 Å². The zero-order chi connectivity index (χ0) is 19.1. The van der Waals surface area contributed by atoms with Crippen molar-refractivity contribution >= 4 is 11.9 Å². The van der Waals surface area contributed by atoms with Crippen molar-refractivity contribution in [3.63, 3.8) is 0 Å². The van der Waals surface area contributed by atoms with Crippen molar-refractivity contribution in [3.05, 3.63) is 35.4 Å². The topological polar surface area (TPSA) is 64.1 Å². The average molecular weight is 361 g/mol. The summed E-state index contributed by atoms with van der Waals surface area (Å²) in [4.78, 5) is 29.5. The molecule has 1 aliphatic rings. The van der Waals surface area contributed by atoms with Crippen LogP contribution in [-0.4, -0.2) is 77.5 Å². The first-order valence-electron chi connectivity index (χ1n) is 9.37. The Kier molecular flexibility index (Phi) is 7.60. The highest BCUT2D eigenvalue weighted by molar-refractivity contribution is 5.78. The van der Waals surface area contributed by atoms with E-state index in [4.69, 9.17) is 5.11 Å². The summed E-state index contributed by atoms with van der Waals surface area (Å²) in [6.07, 6.45) is 1.83. The number of aryl methyl sites for hydroxylation is 1. The maximum absolute atomic E-state index is 12.5. The van der Waals surface area contributed by atoms with Gasteiger partial charge in [0.1, 0.15) is 0 Å². The van der Waals surface area contributed by atoms with Gasteiger partial charge in [-0.1, -0.05) is 31.2 Å². The molecule has 26 heavy (non-hydrogen) atoms. The zero-order valence-electron chi connectivity index (χ0n) is 16.1. The van der Waals surface area contributed by atoms with Gasteiger partial charge in [-0.3, -0.25) is 19.4 Å². The van der Waals surface area contributed by atoms with Crippen molar-refractivity contribution in [2.24, 2.45) is 0 Å². The maximum Gasteiger partial charge on any atom is 0.317 e. The first kappa shape index (κ1) is 20.4. The normalized spacial score (nSPS) is 16.0. The summed E-state index contributed by atoms with van der Waals surface area (Å²) >= 11 is 0. The second kappa shape index (κ2) is 9.69. The summed E-state index contributed by atoms with van der Waals surface area (Å²) in [5.74, 6) is -0.646. The third-order valence-corrected chi connectivity index (χ3v) is 5.27. The predicted molar refractivity (Wildman–Crippen MR) is 102 cm³/mol. The number of amides is 1. The number of rotatable bonds is 8. The molecule has 1 aromatic carbocycles. The molecule has 1 fully saturated rings. The van der Waals surface area contributed by atoms with Crippen LogP contribution in [0.15, 0.2) is 24.3 Å². The maximum atomic E-state index is 12.5. The third kappa shape index (κ3) is 5.81. The predicted octanol–water partition coefficient (Wildman–Crippen LogP) is 1.82. The monoisotopic (exact) mass is 361 g/mol. The standard InChI is InChI=1S/C20H31N3O3/c1-4-23(15-20(25)26)18-9-11-22(12-10-18)14-19(24)21(3)13-17-8-6-5-7-16(17)2/h5-8,18H,4,9-15H2,1-3H3,(H,25,26). The largest absolute Gasteiger partial charge is 0.480 e. The fourth-order valence-corrected chi connectivity index (χ4v) is 3.56. The van der Waals surface area contributed by atoms with Gasteiger partial charge in [0, 0.05) is 32.7 Å². The van der Waals surface area contributed by atoms with Gasteiger partial charge in [-0.25, -0.2) is 0 Å². The Labute approximate surface area is 156 Å². The van der Waals surface area contributed by atoms with E-state index in [-0.39, 0.29) is 12.5 Å². The van der Waals surface area contributed by atoms with Gasteiger partial charge in [0.25, 0.3) is 0 Å². The Hall–Kier alpha value is -1.92. The molecule has 6 heteroatoms. The lowest BCUT2D eigenvalue weighted by Crippen LogP contribution is -2.48. The van der Waals surface area contributed by atoms with Crippen LogP contribution in [-0.2, 0) is 16.1 Å². The number of likely N-dealkylation sites (tertiary alicyclic amines) is 1. The second-order valence-electron chi connectivity index (χ2n) is 7.14. The van der Waals surface area contributed by atoms with E-state index in [1.165, 1.54) is 11.1 Å². The molecule has 0 bridgehead atoms. The summed E-state index contributed by atoms with van der Waals surface area (Å²) in [6.45, 7) is 7.64. The molecule has 1 aliphatic heterocycles. The lowest BCUT2D eigenvalue weighted by atomic mass is 10.0. The van der Waals surface area contributed by atoms with Gasteiger partial charge in [0.05, 0.1) is 13.1 Å². The third-order valence-electron chi connectivity index (χ3n) is 5.27. The number of benzene rings is 1. The quantitative estimate of drug-likeness (QED) is 0.765. The number of carbonyl (C=O) groups is 2. The van der Waals surface area contributed by atoms with Crippen molar-refractivity contribution in [3.8, 4) is 0 Å². The number of nitrogens with zero attached hydrogens (tertiary/aromatic N) is 3. The van der Waals surface area contributed by atoms with E-state index in [0.717, 1.165) is 32.5 Å². The Morgan fingerprint density at radius 3 is 2.46 bits per heavy atom. The Bertz CT molecular complexity index is 612. The minimum absolute atomic E-state index is 0.0965. The van der Waals surface area contributed by atoms with Crippen LogP contribution in [0.3, 0.4) is 0 Å². The molecule has 0 unspecified atom stereocenters. The number of piperidine rings is 1. The van der Waals surface area contributed by atoms with E-state index in [9.17, 15) is 9.59 Å². The molecule has 1 saturated heterocycles. The Morgan fingerprint density at radius 1 is 1.23 bits per heavy atom. The molecule has 0 aliphatic carbocycles. The molecule has 6 nitrogen and oxygen atoms in total. The summed E-state index contributed by atoms with van der Waals surface area (Å²) in [5.41, 5.74) is 2.38. The Morgan fingerprint density at radius 2 is 1.88 bits per heavy atom. The molecule has 1 amide bonds. The van der Waals surface area contributed by atoms with Crippen LogP contribution in [0.2, 0.25) is 0 Å². The van der Waals surface area contributed by atoms with Crippen molar-refractivity contribution in [2.45, 2.75) is 39.3 Å². The molecule has 1 N–H and O–H groups in total. The van der Waals surface area contributed by atoms with Gasteiger partial charge >= 0.3 is 5.97 Å². The molecule has 0 aromatic heterocycles. The lowest BCUT2D eigenvalue weighted by Gasteiger charge is -2.37. The van der Waals surface area contributed by atoms with Gasteiger partial charge in [0.2, 0.25) is 5.91 Å². The minimum Gasteiger partial charge on any atom is -0.480 e. The van der Waals surface area contributed by atoms with Crippen LogP contribution in [0.1, 0.15) is 30.9 Å². The van der Waals surface area contributed by atoms with Gasteiger partial charge in [-0.2, -0.15) is 0 Å². The SMILES string of the molecule is CCN(CC(=O)O)C1CCN(CC(=O)N(C)Cc2ccccc2C)CC1. The first-order valence-corrected chi connectivity index (χ1v) is 9.37. The van der Waals surface area contributed by atoms with Gasteiger partial charge in [0.15, 0.2) is 0 Å². The van der Waals surface area contributed by atoms with E-state index in [1.807, 2.05) is 31.0 Å². The highest BCUT2D eigenvalue weighted by Crippen LogP contribution is 2.17. The minimum atomic E-state index is -0.776. The van der Waals surface area contributed by atoms with Gasteiger partial charge in [-0.15, -0.1) is 0 Å². The van der Waals surface area contributed by atoms with Crippen molar-refractivity contribution in [2.75, 3.05) is 39.8 Å². The molecule has 2 rings (SSSR count). The highest BCUT2D eigenvalue weighted by atomic mass is 16.4. The summed E-state index contributed by atoms with van der Waals surface area (Å²) in [5, 5.41) is 9.02. The average Bonchev–Trinajstić information content (AvgIpc) is 2.62. The number of hydrogen-bond acceptors (Lipinski definition) is 4. The summed E-state index contributed by atoms with van der Waals surface area (Å²) < 4.78 is 0. The fourth-order valence-electron chi connectivity index (χ4n) is 3.56. The van der Waals surface area contributed by atoms with Crippen LogP contribution >= 0.6 is 0 Å². The zero-order valence-corrected chi connectivity index (χ0v) is 16.1. The smallest absolute Gasteiger partial charge is 0.317 e. The van der Waals surface area contributed by atoms with Gasteiger partial charge < -0.3 is 10.0 Å². The van der Waals surface area contributed by atoms with E-state index >= 15 is 0 Å². The van der Waals surface area contributed by atoms with Crippen LogP contribution < -0.4 is 0 Å². The van der Waals surface area contributed by atoms with Crippen LogP contribution in [0, 0.1) is 6.92 Å². The molecule has 0 radical (unpaired) electrons. The molecular weight excluding hydrogens is 330 g/mol. The first-order chi connectivity index (χ1) is 12.4. The van der Waals surface area contributed by atoms with Crippen LogP contribution in [0.4, 0.5) is 0 Å². The number of carboxylic acids is 1. The number of hydrogen-bond donors (Lipinski definition) is 1. The molecule has 0 saturated carbocycles. The molecule has 0 spiro atoms. The number of aliphatic carboxylic acids is 1. The molecule has 1 aromatic rings. The van der Waals surface area contributed by atoms with Crippen molar-refractivity contribution in [1.82, 2.24) is 14.7 Å².